The number of ketones is 1. The molecule has 30 heavy (non-hydrogen) atoms. The fourth-order valence-corrected chi connectivity index (χ4v) is 5.34. The molecule has 6 rings (SSSR count). The van der Waals surface area contributed by atoms with Gasteiger partial charge in [0.05, 0.1) is 5.75 Å². The Balaban J connectivity index is 1.27. The third-order valence-electron chi connectivity index (χ3n) is 6.16. The number of H-pyrrole nitrogens is 1. The van der Waals surface area contributed by atoms with Gasteiger partial charge >= 0.3 is 0 Å². The monoisotopic (exact) mass is 414 g/mol. The zero-order chi connectivity index (χ0) is 20.1. The van der Waals surface area contributed by atoms with E-state index in [-0.39, 0.29) is 5.78 Å². The molecule has 1 saturated carbocycles. The van der Waals surface area contributed by atoms with Gasteiger partial charge in [-0.15, -0.1) is 10.2 Å². The van der Waals surface area contributed by atoms with Gasteiger partial charge in [0.25, 0.3) is 0 Å². The van der Waals surface area contributed by atoms with Crippen molar-refractivity contribution < 1.29 is 4.79 Å². The molecule has 0 spiro atoms. The van der Waals surface area contributed by atoms with Gasteiger partial charge in [0, 0.05) is 34.3 Å². The summed E-state index contributed by atoms with van der Waals surface area (Å²) in [4.78, 5) is 16.2. The fraction of sp³-hybridized carbons (Fsp3) is 0.292. The second-order valence-electron chi connectivity index (χ2n) is 8.20. The van der Waals surface area contributed by atoms with Crippen LogP contribution in [0.1, 0.15) is 46.8 Å². The molecule has 0 unspecified atom stereocenters. The summed E-state index contributed by atoms with van der Waals surface area (Å²) in [5.74, 6) is 1.44. The number of aromatic nitrogens is 4. The van der Waals surface area contributed by atoms with Crippen LogP contribution in [0.2, 0.25) is 0 Å². The maximum atomic E-state index is 12.8. The number of aromatic amines is 1. The number of carbonyl (C=O) groups excluding carboxylic acids is 1. The summed E-state index contributed by atoms with van der Waals surface area (Å²) in [5.41, 5.74) is 5.72. The molecule has 6 heteroatoms. The number of aryl methyl sites for hydroxylation is 2. The molecule has 2 heterocycles. The van der Waals surface area contributed by atoms with E-state index in [1.807, 2.05) is 24.4 Å². The minimum Gasteiger partial charge on any atom is -0.360 e. The summed E-state index contributed by atoms with van der Waals surface area (Å²) in [5, 5.41) is 11.0. The fourth-order valence-electron chi connectivity index (χ4n) is 4.44. The van der Waals surface area contributed by atoms with Crippen molar-refractivity contribution in [3.63, 3.8) is 0 Å². The van der Waals surface area contributed by atoms with E-state index in [0.717, 1.165) is 58.7 Å². The topological polar surface area (TPSA) is 63.6 Å². The van der Waals surface area contributed by atoms with E-state index in [9.17, 15) is 4.79 Å². The molecule has 0 bridgehead atoms. The summed E-state index contributed by atoms with van der Waals surface area (Å²) < 4.78 is 2.23. The number of thioether (sulfide) groups is 1. The average Bonchev–Trinajstić information content (AvgIpc) is 3.17. The number of rotatable bonds is 6. The number of nitrogens with zero attached hydrogens (tertiary/aromatic N) is 3. The number of fused-ring (bicyclic) bond motifs is 2. The van der Waals surface area contributed by atoms with E-state index in [1.54, 1.807) is 0 Å². The Labute approximate surface area is 178 Å². The maximum Gasteiger partial charge on any atom is 0.192 e. The molecule has 2 aliphatic carbocycles. The third kappa shape index (κ3) is 3.06. The lowest BCUT2D eigenvalue weighted by Crippen LogP contribution is -2.06. The number of benzene rings is 2. The Morgan fingerprint density at radius 2 is 1.97 bits per heavy atom. The number of Topliss-reactive ketones (excluding diaryl/α,β-unsaturated/α-hetero) is 1. The summed E-state index contributed by atoms with van der Waals surface area (Å²) in [7, 11) is 0. The molecule has 0 radical (unpaired) electrons. The highest BCUT2D eigenvalue weighted by atomic mass is 32.2. The standard InChI is InChI=1S/C24H22N4OS/c29-22(17-9-8-15-4-3-5-16(15)12-17)14-30-24-27-26-23(28(24)18-10-11-18)20-13-25-21-7-2-1-6-19(20)21/h1-2,6-9,12-13,18,25H,3-5,10-11,14H2. The molecule has 2 aromatic heterocycles. The van der Waals surface area contributed by atoms with E-state index >= 15 is 0 Å². The average molecular weight is 415 g/mol. The molecule has 0 saturated heterocycles. The van der Waals surface area contributed by atoms with Gasteiger partial charge in [-0.05, 0) is 55.4 Å². The van der Waals surface area contributed by atoms with Gasteiger partial charge in [-0.2, -0.15) is 0 Å². The predicted octanol–water partition coefficient (Wildman–Crippen LogP) is 5.23. The Bertz CT molecular complexity index is 1270. The van der Waals surface area contributed by atoms with Crippen molar-refractivity contribution in [3.8, 4) is 11.4 Å². The van der Waals surface area contributed by atoms with Gasteiger partial charge in [0.1, 0.15) is 0 Å². The first-order valence-electron chi connectivity index (χ1n) is 10.6. The van der Waals surface area contributed by atoms with Crippen molar-refractivity contribution in [2.24, 2.45) is 0 Å². The lowest BCUT2D eigenvalue weighted by molar-refractivity contribution is 0.102. The van der Waals surface area contributed by atoms with E-state index in [2.05, 4.69) is 44.0 Å². The van der Waals surface area contributed by atoms with Crippen molar-refractivity contribution in [2.45, 2.75) is 43.3 Å². The van der Waals surface area contributed by atoms with Crippen LogP contribution in [0.5, 0.6) is 0 Å². The lowest BCUT2D eigenvalue weighted by Gasteiger charge is -2.08. The Kier molecular flexibility index (Phi) is 4.27. The summed E-state index contributed by atoms with van der Waals surface area (Å²) in [6.45, 7) is 0. The zero-order valence-electron chi connectivity index (χ0n) is 16.6. The minimum atomic E-state index is 0.161. The summed E-state index contributed by atoms with van der Waals surface area (Å²) in [6, 6.07) is 14.9. The highest BCUT2D eigenvalue weighted by molar-refractivity contribution is 7.99. The quantitative estimate of drug-likeness (QED) is 0.347. The van der Waals surface area contributed by atoms with Crippen LogP contribution in [0.3, 0.4) is 0 Å². The number of para-hydroxylation sites is 1. The lowest BCUT2D eigenvalue weighted by atomic mass is 10.0. The van der Waals surface area contributed by atoms with Crippen LogP contribution in [-0.2, 0) is 12.8 Å². The van der Waals surface area contributed by atoms with Gasteiger partial charge < -0.3 is 4.98 Å². The first-order chi connectivity index (χ1) is 14.8. The summed E-state index contributed by atoms with van der Waals surface area (Å²) >= 11 is 1.50. The van der Waals surface area contributed by atoms with Crippen LogP contribution >= 0.6 is 11.8 Å². The molecule has 0 amide bonds. The number of hydrogen-bond donors (Lipinski definition) is 1. The Hall–Kier alpha value is -2.86. The molecule has 0 atom stereocenters. The second kappa shape index (κ2) is 7.13. The van der Waals surface area contributed by atoms with Crippen LogP contribution in [0.15, 0.2) is 53.8 Å². The normalized spacial score (nSPS) is 15.6. The largest absolute Gasteiger partial charge is 0.360 e. The van der Waals surface area contributed by atoms with Crippen LogP contribution in [0.4, 0.5) is 0 Å². The van der Waals surface area contributed by atoms with Crippen molar-refractivity contribution in [1.29, 1.82) is 0 Å². The molecule has 1 N–H and O–H groups in total. The van der Waals surface area contributed by atoms with E-state index in [0.29, 0.717) is 11.8 Å². The van der Waals surface area contributed by atoms with E-state index < -0.39 is 0 Å². The molecular formula is C24H22N4OS. The van der Waals surface area contributed by atoms with Crippen LogP contribution < -0.4 is 0 Å². The SMILES string of the molecule is O=C(CSc1nnc(-c2c[nH]c3ccccc23)n1C1CC1)c1ccc2c(c1)CCC2. The Morgan fingerprint density at radius 1 is 1.10 bits per heavy atom. The number of carbonyl (C=O) groups is 1. The molecule has 1 fully saturated rings. The minimum absolute atomic E-state index is 0.161. The van der Waals surface area contributed by atoms with Crippen molar-refractivity contribution in [1.82, 2.24) is 19.7 Å². The third-order valence-corrected chi connectivity index (χ3v) is 7.10. The van der Waals surface area contributed by atoms with Crippen LogP contribution in [-0.4, -0.2) is 31.3 Å². The number of nitrogens with one attached hydrogen (secondary N) is 1. The molecule has 150 valence electrons. The molecule has 0 aliphatic heterocycles. The van der Waals surface area contributed by atoms with Crippen molar-refractivity contribution >= 4 is 28.4 Å². The van der Waals surface area contributed by atoms with Crippen molar-refractivity contribution in [3.05, 3.63) is 65.4 Å². The predicted molar refractivity (Wildman–Crippen MR) is 119 cm³/mol. The molecular weight excluding hydrogens is 392 g/mol. The second-order valence-corrected chi connectivity index (χ2v) is 9.15. The van der Waals surface area contributed by atoms with Crippen LogP contribution in [0.25, 0.3) is 22.3 Å². The first kappa shape index (κ1) is 18.0. The highest BCUT2D eigenvalue weighted by Gasteiger charge is 2.31. The first-order valence-corrected chi connectivity index (χ1v) is 11.6. The van der Waals surface area contributed by atoms with Gasteiger partial charge in [0.15, 0.2) is 16.8 Å². The maximum absolute atomic E-state index is 12.8. The van der Waals surface area contributed by atoms with E-state index in [4.69, 9.17) is 0 Å². The van der Waals surface area contributed by atoms with Gasteiger partial charge in [0.2, 0.25) is 0 Å². The Morgan fingerprint density at radius 3 is 2.87 bits per heavy atom. The smallest absolute Gasteiger partial charge is 0.192 e. The highest BCUT2D eigenvalue weighted by Crippen LogP contribution is 2.42. The molecule has 2 aromatic carbocycles. The molecule has 4 aromatic rings. The molecule has 5 nitrogen and oxygen atoms in total. The van der Waals surface area contributed by atoms with Crippen molar-refractivity contribution in [2.75, 3.05) is 5.75 Å². The van der Waals surface area contributed by atoms with Gasteiger partial charge in [-0.3, -0.25) is 9.36 Å². The zero-order valence-corrected chi connectivity index (χ0v) is 17.4. The molecule has 2 aliphatic rings. The van der Waals surface area contributed by atoms with E-state index in [1.165, 1.54) is 29.3 Å². The number of hydrogen-bond acceptors (Lipinski definition) is 4. The summed E-state index contributed by atoms with van der Waals surface area (Å²) in [6.07, 6.45) is 7.72. The van der Waals surface area contributed by atoms with Crippen LogP contribution in [0, 0.1) is 0 Å². The van der Waals surface area contributed by atoms with Gasteiger partial charge in [-0.1, -0.05) is 42.1 Å². The van der Waals surface area contributed by atoms with Gasteiger partial charge in [-0.25, -0.2) is 0 Å².